The first-order chi connectivity index (χ1) is 9.15. The van der Waals surface area contributed by atoms with Crippen LogP contribution in [0.2, 0.25) is 0 Å². The second kappa shape index (κ2) is 6.65. The molecule has 0 fully saturated rings. The maximum atomic E-state index is 11.6. The molecule has 0 spiro atoms. The van der Waals surface area contributed by atoms with Gasteiger partial charge in [0.1, 0.15) is 0 Å². The molecule has 0 aliphatic carbocycles. The lowest BCUT2D eigenvalue weighted by Gasteiger charge is -2.11. The van der Waals surface area contributed by atoms with Crippen LogP contribution >= 0.6 is 22.7 Å². The van der Waals surface area contributed by atoms with Crippen molar-refractivity contribution in [2.24, 2.45) is 0 Å². The Morgan fingerprint density at radius 3 is 3.00 bits per heavy atom. The zero-order chi connectivity index (χ0) is 13.7. The van der Waals surface area contributed by atoms with E-state index < -0.39 is 6.10 Å². The molecule has 102 valence electrons. The number of nitrogens with zero attached hydrogens (tertiary/aromatic N) is 1. The van der Waals surface area contributed by atoms with Gasteiger partial charge in [-0.3, -0.25) is 0 Å². The number of rotatable bonds is 5. The molecule has 0 saturated heterocycles. The van der Waals surface area contributed by atoms with Crippen LogP contribution in [0.4, 0.5) is 4.79 Å². The number of aliphatic hydroxyl groups is 1. The van der Waals surface area contributed by atoms with Crippen molar-refractivity contribution in [3.05, 3.63) is 38.5 Å². The van der Waals surface area contributed by atoms with Gasteiger partial charge < -0.3 is 15.7 Å². The van der Waals surface area contributed by atoms with Crippen molar-refractivity contribution in [3.63, 3.8) is 0 Å². The van der Waals surface area contributed by atoms with Gasteiger partial charge in [-0.2, -0.15) is 11.3 Å². The lowest BCUT2D eigenvalue weighted by Crippen LogP contribution is -2.37. The molecule has 5 nitrogen and oxygen atoms in total. The lowest BCUT2D eigenvalue weighted by molar-refractivity contribution is 0.173. The van der Waals surface area contributed by atoms with Crippen LogP contribution in [0.5, 0.6) is 0 Å². The smallest absolute Gasteiger partial charge is 0.315 e. The summed E-state index contributed by atoms with van der Waals surface area (Å²) in [5.74, 6) is 0. The van der Waals surface area contributed by atoms with Gasteiger partial charge in [0.05, 0.1) is 17.7 Å². The first kappa shape index (κ1) is 14.0. The molecular formula is C12H15N3O2S2. The molecule has 2 rings (SSSR count). The Hall–Kier alpha value is -1.44. The molecule has 2 amide bonds. The van der Waals surface area contributed by atoms with E-state index in [4.69, 9.17) is 0 Å². The minimum absolute atomic E-state index is 0.199. The molecule has 1 unspecified atom stereocenters. The fourth-order valence-corrected chi connectivity index (χ4v) is 2.93. The average molecular weight is 297 g/mol. The van der Waals surface area contributed by atoms with Crippen molar-refractivity contribution in [1.29, 1.82) is 0 Å². The van der Waals surface area contributed by atoms with Gasteiger partial charge in [0, 0.05) is 17.6 Å². The minimum Gasteiger partial charge on any atom is -0.387 e. The molecule has 0 radical (unpaired) electrons. The molecular weight excluding hydrogens is 282 g/mol. The highest BCUT2D eigenvalue weighted by atomic mass is 32.1. The summed E-state index contributed by atoms with van der Waals surface area (Å²) in [5.41, 5.74) is 0.823. The average Bonchev–Trinajstić information content (AvgIpc) is 3.04. The fraction of sp³-hybridized carbons (Fsp3) is 0.333. The molecule has 19 heavy (non-hydrogen) atoms. The number of carbonyl (C=O) groups excluding carboxylic acids is 1. The molecule has 2 heterocycles. The number of carbonyl (C=O) groups is 1. The topological polar surface area (TPSA) is 74.2 Å². The summed E-state index contributed by atoms with van der Waals surface area (Å²) in [7, 11) is 0. The molecule has 1 atom stereocenters. The Balaban J connectivity index is 1.70. The standard InChI is InChI=1S/C12H15N3O2S2/c1-8-13-4-10(19-8)5-14-12(17)15-6-11(16)9-2-3-18-7-9/h2-4,7,11,16H,5-6H2,1H3,(H2,14,15,17). The quantitative estimate of drug-likeness (QED) is 0.790. The Morgan fingerprint density at radius 1 is 1.53 bits per heavy atom. The molecule has 2 aromatic rings. The molecule has 0 bridgehead atoms. The second-order valence-electron chi connectivity index (χ2n) is 3.98. The van der Waals surface area contributed by atoms with Crippen LogP contribution in [0.25, 0.3) is 0 Å². The van der Waals surface area contributed by atoms with Gasteiger partial charge in [0.15, 0.2) is 0 Å². The van der Waals surface area contributed by atoms with E-state index >= 15 is 0 Å². The Labute approximate surface area is 119 Å². The molecule has 0 aliphatic heterocycles. The highest BCUT2D eigenvalue weighted by Gasteiger charge is 2.09. The normalized spacial score (nSPS) is 12.1. The van der Waals surface area contributed by atoms with E-state index in [1.165, 1.54) is 11.3 Å². The Kier molecular flexibility index (Phi) is 4.89. The zero-order valence-corrected chi connectivity index (χ0v) is 12.1. The number of thiophene rings is 1. The summed E-state index contributed by atoms with van der Waals surface area (Å²) < 4.78 is 0. The third kappa shape index (κ3) is 4.30. The summed E-state index contributed by atoms with van der Waals surface area (Å²) in [6.07, 6.45) is 1.09. The monoisotopic (exact) mass is 297 g/mol. The first-order valence-electron chi connectivity index (χ1n) is 5.78. The number of aromatic nitrogens is 1. The van der Waals surface area contributed by atoms with Crippen molar-refractivity contribution in [2.45, 2.75) is 19.6 Å². The molecule has 0 aliphatic rings. The number of nitrogens with one attached hydrogen (secondary N) is 2. The largest absolute Gasteiger partial charge is 0.387 e. The van der Waals surface area contributed by atoms with Crippen LogP contribution in [-0.4, -0.2) is 22.7 Å². The second-order valence-corrected chi connectivity index (χ2v) is 6.08. The van der Waals surface area contributed by atoms with Gasteiger partial charge in [-0.15, -0.1) is 11.3 Å². The zero-order valence-electron chi connectivity index (χ0n) is 10.4. The van der Waals surface area contributed by atoms with Crippen molar-refractivity contribution < 1.29 is 9.90 Å². The van der Waals surface area contributed by atoms with Gasteiger partial charge in [-0.1, -0.05) is 0 Å². The van der Waals surface area contributed by atoms with E-state index in [1.807, 2.05) is 23.8 Å². The SMILES string of the molecule is Cc1ncc(CNC(=O)NCC(O)c2ccsc2)s1. The third-order valence-corrected chi connectivity index (χ3v) is 4.09. The fourth-order valence-electron chi connectivity index (χ4n) is 1.49. The van der Waals surface area contributed by atoms with E-state index in [9.17, 15) is 9.90 Å². The van der Waals surface area contributed by atoms with E-state index in [1.54, 1.807) is 17.5 Å². The van der Waals surface area contributed by atoms with Crippen molar-refractivity contribution in [3.8, 4) is 0 Å². The van der Waals surface area contributed by atoms with Crippen molar-refractivity contribution >= 4 is 28.7 Å². The number of urea groups is 1. The Bertz CT molecular complexity index is 525. The molecule has 7 heteroatoms. The van der Waals surface area contributed by atoms with Crippen LogP contribution in [-0.2, 0) is 6.54 Å². The van der Waals surface area contributed by atoms with Crippen molar-refractivity contribution in [2.75, 3.05) is 6.54 Å². The number of thiazole rings is 1. The summed E-state index contributed by atoms with van der Waals surface area (Å²) in [6, 6.07) is 1.55. The number of aryl methyl sites for hydroxylation is 1. The maximum Gasteiger partial charge on any atom is 0.315 e. The minimum atomic E-state index is -0.664. The first-order valence-corrected chi connectivity index (χ1v) is 7.54. The van der Waals surface area contributed by atoms with E-state index in [0.717, 1.165) is 15.4 Å². The number of hydrogen-bond acceptors (Lipinski definition) is 5. The molecule has 0 aromatic carbocycles. The van der Waals surface area contributed by atoms with E-state index in [2.05, 4.69) is 15.6 Å². The lowest BCUT2D eigenvalue weighted by atomic mass is 10.2. The van der Waals surface area contributed by atoms with Gasteiger partial charge in [-0.25, -0.2) is 9.78 Å². The maximum absolute atomic E-state index is 11.6. The number of aliphatic hydroxyl groups excluding tert-OH is 1. The molecule has 0 saturated carbocycles. The highest BCUT2D eigenvalue weighted by Crippen LogP contribution is 2.15. The van der Waals surface area contributed by atoms with Crippen LogP contribution in [0.1, 0.15) is 21.6 Å². The third-order valence-electron chi connectivity index (χ3n) is 2.48. The van der Waals surface area contributed by atoms with Crippen LogP contribution in [0.15, 0.2) is 23.0 Å². The van der Waals surface area contributed by atoms with Crippen LogP contribution in [0, 0.1) is 6.92 Å². The van der Waals surface area contributed by atoms with Crippen LogP contribution < -0.4 is 10.6 Å². The summed E-state index contributed by atoms with van der Waals surface area (Å²) in [4.78, 5) is 16.7. The Morgan fingerprint density at radius 2 is 2.37 bits per heavy atom. The van der Waals surface area contributed by atoms with Gasteiger partial charge in [0.2, 0.25) is 0 Å². The summed E-state index contributed by atoms with van der Waals surface area (Å²) in [5, 5.41) is 19.9. The predicted molar refractivity (Wildman–Crippen MR) is 76.4 cm³/mol. The van der Waals surface area contributed by atoms with E-state index in [0.29, 0.717) is 6.54 Å². The number of amides is 2. The predicted octanol–water partition coefficient (Wildman–Crippen LogP) is 2.05. The van der Waals surface area contributed by atoms with Crippen molar-refractivity contribution in [1.82, 2.24) is 15.6 Å². The van der Waals surface area contributed by atoms with Crippen LogP contribution in [0.3, 0.4) is 0 Å². The van der Waals surface area contributed by atoms with Gasteiger partial charge >= 0.3 is 6.03 Å². The van der Waals surface area contributed by atoms with E-state index in [-0.39, 0.29) is 12.6 Å². The summed E-state index contributed by atoms with van der Waals surface area (Å²) in [6.45, 7) is 2.57. The summed E-state index contributed by atoms with van der Waals surface area (Å²) >= 11 is 3.07. The van der Waals surface area contributed by atoms with Gasteiger partial charge in [0.25, 0.3) is 0 Å². The van der Waals surface area contributed by atoms with Gasteiger partial charge in [-0.05, 0) is 29.3 Å². The molecule has 2 aromatic heterocycles. The molecule has 3 N–H and O–H groups in total. The number of hydrogen-bond donors (Lipinski definition) is 3. The highest BCUT2D eigenvalue weighted by molar-refractivity contribution is 7.11.